The first-order chi connectivity index (χ1) is 10.3. The molecule has 0 amide bonds. The van der Waals surface area contributed by atoms with Gasteiger partial charge in [0.05, 0.1) is 5.57 Å². The molecule has 1 aromatic rings. The van der Waals surface area contributed by atoms with E-state index in [0.717, 1.165) is 5.57 Å². The van der Waals surface area contributed by atoms with Gasteiger partial charge in [-0.15, -0.1) is 5.73 Å². The van der Waals surface area contributed by atoms with Gasteiger partial charge in [-0.3, -0.25) is 0 Å². The summed E-state index contributed by atoms with van der Waals surface area (Å²) in [6, 6.07) is 9.01. The van der Waals surface area contributed by atoms with E-state index in [4.69, 9.17) is 4.74 Å². The molecule has 3 heteroatoms. The summed E-state index contributed by atoms with van der Waals surface area (Å²) in [7, 11) is 1.50. The van der Waals surface area contributed by atoms with Gasteiger partial charge in [-0.05, 0) is 49.9 Å². The Hall–Kier alpha value is -2.35. The minimum atomic E-state index is -0.372. The predicted molar refractivity (Wildman–Crippen MR) is 88.0 cm³/mol. The highest BCUT2D eigenvalue weighted by atomic mass is 16.5. The van der Waals surface area contributed by atoms with Crippen molar-refractivity contribution in [2.45, 2.75) is 20.8 Å². The number of allylic oxidation sites excluding steroid dienone is 3. The zero-order valence-electron chi connectivity index (χ0n) is 13.1. The van der Waals surface area contributed by atoms with E-state index in [9.17, 15) is 4.79 Å². The molecule has 0 radical (unpaired) electrons. The van der Waals surface area contributed by atoms with Crippen LogP contribution in [0.25, 0.3) is 0 Å². The molecule has 1 aliphatic carbocycles. The van der Waals surface area contributed by atoms with E-state index in [1.54, 1.807) is 24.3 Å². The van der Waals surface area contributed by atoms with Gasteiger partial charge in [0.25, 0.3) is 0 Å². The molecule has 1 aromatic carbocycles. The Labute approximate surface area is 127 Å². The monoisotopic (exact) mass is 285 g/mol. The molecule has 2 N–H and O–H groups in total. The average molecular weight is 285 g/mol. The van der Waals surface area contributed by atoms with Crippen molar-refractivity contribution in [3.8, 4) is 5.75 Å². The van der Waals surface area contributed by atoms with Crippen LogP contribution in [0.5, 0.6) is 5.75 Å². The van der Waals surface area contributed by atoms with Crippen molar-refractivity contribution in [3.05, 3.63) is 71.5 Å². The number of ether oxygens (including phenoxy) is 1. The van der Waals surface area contributed by atoms with Gasteiger partial charge in [-0.25, -0.2) is 4.79 Å². The van der Waals surface area contributed by atoms with E-state index in [0.29, 0.717) is 11.3 Å². The molecule has 1 aliphatic rings. The molecule has 0 aromatic heterocycles. The van der Waals surface area contributed by atoms with Gasteiger partial charge in [0.15, 0.2) is 0 Å². The number of esters is 1. The van der Waals surface area contributed by atoms with E-state index >= 15 is 0 Å². The second-order valence-electron chi connectivity index (χ2n) is 3.69. The summed E-state index contributed by atoms with van der Waals surface area (Å²) in [6.45, 7) is 5.95. The fourth-order valence-corrected chi connectivity index (χ4v) is 1.36. The van der Waals surface area contributed by atoms with Gasteiger partial charge in [0.1, 0.15) is 5.75 Å². The first-order valence-corrected chi connectivity index (χ1v) is 6.92. The second kappa shape index (κ2) is 11.5. The minimum absolute atomic E-state index is 0.372. The third-order valence-electron chi connectivity index (χ3n) is 2.27. The Kier molecular flexibility index (Phi) is 10.2. The van der Waals surface area contributed by atoms with Crippen LogP contribution in [-0.4, -0.2) is 13.0 Å². The molecule has 112 valence electrons. The second-order valence-corrected chi connectivity index (χ2v) is 3.69. The smallest absolute Gasteiger partial charge is 0.344 e. The van der Waals surface area contributed by atoms with E-state index < -0.39 is 0 Å². The van der Waals surface area contributed by atoms with E-state index in [-0.39, 0.29) is 5.97 Å². The summed E-state index contributed by atoms with van der Waals surface area (Å²) in [5, 5.41) is 0. The first-order valence-electron chi connectivity index (χ1n) is 6.92. The van der Waals surface area contributed by atoms with Crippen molar-refractivity contribution in [1.82, 2.24) is 0 Å². The predicted octanol–water partition coefficient (Wildman–Crippen LogP) is 3.79. The third kappa shape index (κ3) is 7.11. The van der Waals surface area contributed by atoms with E-state index in [1.807, 2.05) is 51.1 Å². The average Bonchev–Trinajstić information content (AvgIpc) is 2.77. The van der Waals surface area contributed by atoms with Crippen molar-refractivity contribution < 1.29 is 9.53 Å². The normalized spacial score (nSPS) is 11.7. The Morgan fingerprint density at radius 1 is 1.05 bits per heavy atom. The van der Waals surface area contributed by atoms with Crippen molar-refractivity contribution >= 4 is 5.97 Å². The topological polar surface area (TPSA) is 52.3 Å². The number of hydrogen-bond acceptors (Lipinski definition) is 3. The number of benzene rings is 1. The first kappa shape index (κ1) is 18.7. The summed E-state index contributed by atoms with van der Waals surface area (Å²) in [6.07, 6.45) is 7.03. The number of para-hydroxylation sites is 1. The fraction of sp³-hybridized carbons (Fsp3) is 0.222. The fourth-order valence-electron chi connectivity index (χ4n) is 1.36. The number of hydrogen-bond donors (Lipinski definition) is 1. The Morgan fingerprint density at radius 3 is 2.29 bits per heavy atom. The van der Waals surface area contributed by atoms with Crippen LogP contribution in [0.3, 0.4) is 0 Å². The van der Waals surface area contributed by atoms with Crippen molar-refractivity contribution in [2.24, 2.45) is 5.73 Å². The van der Waals surface area contributed by atoms with Crippen LogP contribution in [0.4, 0.5) is 0 Å². The van der Waals surface area contributed by atoms with Gasteiger partial charge >= 0.3 is 5.97 Å². The summed E-state index contributed by atoms with van der Waals surface area (Å²) in [4.78, 5) is 11.8. The highest BCUT2D eigenvalue weighted by Gasteiger charge is 2.09. The van der Waals surface area contributed by atoms with Crippen LogP contribution in [0.15, 0.2) is 71.5 Å². The Morgan fingerprint density at radius 2 is 1.67 bits per heavy atom. The van der Waals surface area contributed by atoms with Crippen LogP contribution >= 0.6 is 0 Å². The largest absolute Gasteiger partial charge is 0.423 e. The van der Waals surface area contributed by atoms with Crippen molar-refractivity contribution in [2.75, 3.05) is 7.05 Å². The summed E-state index contributed by atoms with van der Waals surface area (Å²) >= 11 is 0. The standard InChI is InChI=1S/C15H12O2.C2H6.CH5N/c1-12-6-5-7-13(11-10-12)15(16)17-14-8-3-2-4-9-14;2*1-2/h2-4,6-11H,1H3;1-2H3;2H2,1H3. The number of carbonyl (C=O) groups is 1. The van der Waals surface area contributed by atoms with Crippen LogP contribution in [0.1, 0.15) is 20.8 Å². The van der Waals surface area contributed by atoms with Gasteiger partial charge < -0.3 is 10.5 Å². The molecule has 2 rings (SSSR count). The molecule has 0 unspecified atom stereocenters. The summed E-state index contributed by atoms with van der Waals surface area (Å²) in [5.74, 6) is 0.170. The lowest BCUT2D eigenvalue weighted by Gasteiger charge is -2.03. The van der Waals surface area contributed by atoms with Crippen LogP contribution in [0.2, 0.25) is 0 Å². The molecule has 0 fully saturated rings. The van der Waals surface area contributed by atoms with E-state index in [2.05, 4.69) is 11.5 Å². The molecule has 21 heavy (non-hydrogen) atoms. The zero-order chi connectivity index (χ0) is 16.1. The van der Waals surface area contributed by atoms with Gasteiger partial charge in [0.2, 0.25) is 0 Å². The van der Waals surface area contributed by atoms with E-state index in [1.165, 1.54) is 7.05 Å². The molecule has 0 spiro atoms. The molecule has 3 nitrogen and oxygen atoms in total. The molecule has 0 bridgehead atoms. The number of carbonyl (C=O) groups excluding carboxylic acids is 1. The van der Waals surface area contributed by atoms with Gasteiger partial charge in [0, 0.05) is 0 Å². The lowest BCUT2D eigenvalue weighted by molar-refractivity contribution is -0.129. The summed E-state index contributed by atoms with van der Waals surface area (Å²) < 4.78 is 5.22. The molecular formula is C18H23NO2. The van der Waals surface area contributed by atoms with Gasteiger partial charge in [-0.2, -0.15) is 0 Å². The maximum atomic E-state index is 11.8. The Bertz CT molecular complexity index is 548. The van der Waals surface area contributed by atoms with Crippen molar-refractivity contribution in [1.29, 1.82) is 0 Å². The quantitative estimate of drug-likeness (QED) is 0.511. The highest BCUT2D eigenvalue weighted by molar-refractivity contribution is 5.93. The maximum Gasteiger partial charge on any atom is 0.344 e. The molecule has 0 aliphatic heterocycles. The third-order valence-corrected chi connectivity index (χ3v) is 2.27. The molecule has 0 heterocycles. The molecule has 0 atom stereocenters. The van der Waals surface area contributed by atoms with Crippen LogP contribution in [0, 0.1) is 0 Å². The minimum Gasteiger partial charge on any atom is -0.423 e. The maximum absolute atomic E-state index is 11.8. The lowest BCUT2D eigenvalue weighted by atomic mass is 10.2. The van der Waals surface area contributed by atoms with Crippen LogP contribution in [-0.2, 0) is 4.79 Å². The van der Waals surface area contributed by atoms with Crippen LogP contribution < -0.4 is 10.5 Å². The molecule has 0 saturated carbocycles. The SMILES string of the molecule is CC.CC1=CC=C(C(=O)Oc2ccccc2)C=C=C1.CN. The highest BCUT2D eigenvalue weighted by Crippen LogP contribution is 2.13. The Balaban J connectivity index is 0.000000921. The molecule has 0 saturated heterocycles. The number of nitrogens with two attached hydrogens (primary N) is 1. The lowest BCUT2D eigenvalue weighted by Crippen LogP contribution is -2.09. The number of rotatable bonds is 2. The zero-order valence-corrected chi connectivity index (χ0v) is 13.1. The molecular weight excluding hydrogens is 262 g/mol. The summed E-state index contributed by atoms with van der Waals surface area (Å²) in [5.41, 5.74) is 8.96. The van der Waals surface area contributed by atoms with Gasteiger partial charge in [-0.1, -0.05) is 38.1 Å². The van der Waals surface area contributed by atoms with Crippen molar-refractivity contribution in [3.63, 3.8) is 0 Å².